The molecule has 2 aromatic carbocycles. The van der Waals surface area contributed by atoms with E-state index in [0.29, 0.717) is 5.56 Å². The number of benzene rings is 2. The molecule has 0 spiro atoms. The molecule has 0 saturated carbocycles. The molecule has 3 rings (SSSR count). The van der Waals surface area contributed by atoms with Crippen LogP contribution >= 0.6 is 0 Å². The fraction of sp³-hybridized carbons (Fsp3) is 0.222. The third-order valence-electron chi connectivity index (χ3n) is 3.26. The van der Waals surface area contributed by atoms with Gasteiger partial charge in [-0.15, -0.1) is 0 Å². The Morgan fingerprint density at radius 1 is 1.05 bits per heavy atom. The molecular formula is C18H18N2O2. The van der Waals surface area contributed by atoms with Gasteiger partial charge in [0, 0.05) is 10.9 Å². The van der Waals surface area contributed by atoms with Gasteiger partial charge in [-0.05, 0) is 39.0 Å². The van der Waals surface area contributed by atoms with Crippen LogP contribution in [0.15, 0.2) is 48.5 Å². The minimum Gasteiger partial charge on any atom is -0.456 e. The van der Waals surface area contributed by atoms with Crippen LogP contribution in [0.4, 0.5) is 0 Å². The number of nitrogens with zero attached hydrogens (tertiary/aromatic N) is 1. The van der Waals surface area contributed by atoms with Crippen molar-refractivity contribution in [3.8, 4) is 11.3 Å². The first-order chi connectivity index (χ1) is 10.4. The van der Waals surface area contributed by atoms with Crippen LogP contribution < -0.4 is 0 Å². The van der Waals surface area contributed by atoms with E-state index >= 15 is 0 Å². The van der Waals surface area contributed by atoms with E-state index in [9.17, 15) is 4.79 Å². The van der Waals surface area contributed by atoms with Gasteiger partial charge in [0.1, 0.15) is 5.60 Å². The predicted molar refractivity (Wildman–Crippen MR) is 86.7 cm³/mol. The minimum absolute atomic E-state index is 0.314. The lowest BCUT2D eigenvalue weighted by Crippen LogP contribution is -2.23. The van der Waals surface area contributed by atoms with E-state index in [1.807, 2.05) is 57.2 Å². The van der Waals surface area contributed by atoms with Crippen LogP contribution in [-0.2, 0) is 4.74 Å². The molecule has 4 heteroatoms. The van der Waals surface area contributed by atoms with Crippen molar-refractivity contribution in [1.82, 2.24) is 10.2 Å². The van der Waals surface area contributed by atoms with Crippen molar-refractivity contribution in [2.75, 3.05) is 0 Å². The van der Waals surface area contributed by atoms with Gasteiger partial charge in [0.2, 0.25) is 0 Å². The fourth-order valence-corrected chi connectivity index (χ4v) is 2.28. The Morgan fingerprint density at radius 3 is 2.41 bits per heavy atom. The summed E-state index contributed by atoms with van der Waals surface area (Å²) in [5.74, 6) is -0.314. The largest absolute Gasteiger partial charge is 0.456 e. The number of esters is 1. The topological polar surface area (TPSA) is 55.0 Å². The Morgan fingerprint density at radius 2 is 1.73 bits per heavy atom. The molecule has 0 unspecified atom stereocenters. The lowest BCUT2D eigenvalue weighted by Gasteiger charge is -2.19. The van der Waals surface area contributed by atoms with Crippen molar-refractivity contribution in [3.05, 3.63) is 54.1 Å². The highest BCUT2D eigenvalue weighted by atomic mass is 16.6. The van der Waals surface area contributed by atoms with E-state index in [1.165, 1.54) is 0 Å². The second-order valence-electron chi connectivity index (χ2n) is 6.20. The van der Waals surface area contributed by atoms with E-state index < -0.39 is 5.60 Å². The zero-order chi connectivity index (χ0) is 15.7. The van der Waals surface area contributed by atoms with Gasteiger partial charge in [0.15, 0.2) is 0 Å². The first kappa shape index (κ1) is 14.3. The fourth-order valence-electron chi connectivity index (χ4n) is 2.28. The lowest BCUT2D eigenvalue weighted by molar-refractivity contribution is 0.00696. The Labute approximate surface area is 129 Å². The second kappa shape index (κ2) is 5.30. The van der Waals surface area contributed by atoms with Crippen LogP contribution in [0, 0.1) is 0 Å². The average Bonchev–Trinajstić information content (AvgIpc) is 2.89. The van der Waals surface area contributed by atoms with E-state index in [0.717, 1.165) is 22.2 Å². The minimum atomic E-state index is -0.492. The van der Waals surface area contributed by atoms with Crippen molar-refractivity contribution >= 4 is 16.9 Å². The van der Waals surface area contributed by atoms with E-state index in [4.69, 9.17) is 4.74 Å². The molecule has 1 aromatic heterocycles. The van der Waals surface area contributed by atoms with Crippen LogP contribution in [0.5, 0.6) is 0 Å². The summed E-state index contributed by atoms with van der Waals surface area (Å²) >= 11 is 0. The number of nitrogens with one attached hydrogen (secondary N) is 1. The molecule has 0 radical (unpaired) electrons. The number of para-hydroxylation sites is 1. The van der Waals surface area contributed by atoms with Gasteiger partial charge in [-0.3, -0.25) is 5.10 Å². The predicted octanol–water partition coefficient (Wildman–Crippen LogP) is 4.19. The Hall–Kier alpha value is -2.62. The smallest absolute Gasteiger partial charge is 0.338 e. The molecule has 0 fully saturated rings. The highest BCUT2D eigenvalue weighted by Crippen LogP contribution is 2.26. The number of rotatable bonds is 2. The van der Waals surface area contributed by atoms with Gasteiger partial charge in [-0.25, -0.2) is 4.79 Å². The molecule has 1 heterocycles. The summed E-state index contributed by atoms with van der Waals surface area (Å²) in [4.78, 5) is 12.0. The van der Waals surface area contributed by atoms with Crippen LogP contribution in [0.2, 0.25) is 0 Å². The number of hydrogen-bond donors (Lipinski definition) is 1. The van der Waals surface area contributed by atoms with Crippen LogP contribution in [0.25, 0.3) is 22.2 Å². The van der Waals surface area contributed by atoms with Gasteiger partial charge in [0.25, 0.3) is 0 Å². The molecule has 0 aliphatic heterocycles. The number of aromatic nitrogens is 2. The molecule has 1 N–H and O–H groups in total. The van der Waals surface area contributed by atoms with Crippen molar-refractivity contribution in [1.29, 1.82) is 0 Å². The summed E-state index contributed by atoms with van der Waals surface area (Å²) in [5.41, 5.74) is 2.89. The molecule has 3 aromatic rings. The molecule has 0 saturated heterocycles. The van der Waals surface area contributed by atoms with Crippen LogP contribution in [-0.4, -0.2) is 21.8 Å². The average molecular weight is 294 g/mol. The number of aromatic amines is 1. The number of fused-ring (bicyclic) bond motifs is 1. The summed E-state index contributed by atoms with van der Waals surface area (Å²) < 4.78 is 5.36. The maximum absolute atomic E-state index is 12.0. The Balaban J connectivity index is 1.90. The maximum atomic E-state index is 12.0. The van der Waals surface area contributed by atoms with E-state index in [-0.39, 0.29) is 5.97 Å². The Bertz CT molecular complexity index is 811. The number of ether oxygens (including phenoxy) is 1. The van der Waals surface area contributed by atoms with E-state index in [2.05, 4.69) is 10.2 Å². The molecule has 4 nitrogen and oxygen atoms in total. The molecule has 0 amide bonds. The molecule has 0 bridgehead atoms. The summed E-state index contributed by atoms with van der Waals surface area (Å²) in [6.07, 6.45) is 0. The van der Waals surface area contributed by atoms with Gasteiger partial charge in [-0.2, -0.15) is 5.10 Å². The van der Waals surface area contributed by atoms with Gasteiger partial charge < -0.3 is 4.74 Å². The quantitative estimate of drug-likeness (QED) is 0.721. The summed E-state index contributed by atoms with van der Waals surface area (Å²) in [7, 11) is 0. The first-order valence-corrected chi connectivity index (χ1v) is 7.21. The normalized spacial score (nSPS) is 11.6. The van der Waals surface area contributed by atoms with Gasteiger partial charge in [0.05, 0.1) is 16.8 Å². The second-order valence-corrected chi connectivity index (χ2v) is 6.20. The highest BCUT2D eigenvalue weighted by molar-refractivity contribution is 5.94. The molecule has 22 heavy (non-hydrogen) atoms. The molecule has 0 aliphatic carbocycles. The number of H-pyrrole nitrogens is 1. The standard InChI is InChI=1S/C18H18N2O2/c1-18(2,3)22-17(21)13-10-8-12(9-11-13)16-14-6-4-5-7-15(14)19-20-16/h4-11H,1-3H3,(H,19,20). The number of carbonyl (C=O) groups is 1. The highest BCUT2D eigenvalue weighted by Gasteiger charge is 2.18. The molecule has 112 valence electrons. The molecule has 0 atom stereocenters. The van der Waals surface area contributed by atoms with E-state index in [1.54, 1.807) is 12.1 Å². The van der Waals surface area contributed by atoms with Crippen LogP contribution in [0.3, 0.4) is 0 Å². The summed E-state index contributed by atoms with van der Waals surface area (Å²) in [6.45, 7) is 5.57. The third-order valence-corrected chi connectivity index (χ3v) is 3.26. The monoisotopic (exact) mass is 294 g/mol. The summed E-state index contributed by atoms with van der Waals surface area (Å²) in [5, 5.41) is 8.43. The number of carbonyl (C=O) groups excluding carboxylic acids is 1. The number of hydrogen-bond acceptors (Lipinski definition) is 3. The first-order valence-electron chi connectivity index (χ1n) is 7.21. The summed E-state index contributed by atoms with van der Waals surface area (Å²) in [6, 6.07) is 15.3. The zero-order valence-corrected chi connectivity index (χ0v) is 12.9. The van der Waals surface area contributed by atoms with Gasteiger partial charge in [-0.1, -0.05) is 30.3 Å². The van der Waals surface area contributed by atoms with Crippen molar-refractivity contribution in [2.45, 2.75) is 26.4 Å². The van der Waals surface area contributed by atoms with Crippen molar-refractivity contribution in [2.24, 2.45) is 0 Å². The molecular weight excluding hydrogens is 276 g/mol. The molecule has 0 aliphatic rings. The maximum Gasteiger partial charge on any atom is 0.338 e. The van der Waals surface area contributed by atoms with Crippen molar-refractivity contribution < 1.29 is 9.53 Å². The SMILES string of the molecule is CC(C)(C)OC(=O)c1ccc(-c2n[nH]c3ccccc23)cc1. The Kier molecular flexibility index (Phi) is 3.45. The van der Waals surface area contributed by atoms with Crippen molar-refractivity contribution in [3.63, 3.8) is 0 Å². The van der Waals surface area contributed by atoms with Crippen LogP contribution in [0.1, 0.15) is 31.1 Å². The third kappa shape index (κ3) is 2.86. The van der Waals surface area contributed by atoms with Gasteiger partial charge >= 0.3 is 5.97 Å². The zero-order valence-electron chi connectivity index (χ0n) is 12.9. The lowest BCUT2D eigenvalue weighted by atomic mass is 10.1.